The Bertz CT molecular complexity index is 374. The summed E-state index contributed by atoms with van der Waals surface area (Å²) in [7, 11) is 0. The largest absolute Gasteiger partial charge is 0.393 e. The Balaban J connectivity index is 1.91. The maximum atomic E-state index is 9.38. The summed E-state index contributed by atoms with van der Waals surface area (Å²) in [6.45, 7) is 0. The van der Waals surface area contributed by atoms with E-state index in [2.05, 4.69) is 10.3 Å². The molecule has 4 nitrogen and oxygen atoms in total. The molecule has 0 amide bonds. The van der Waals surface area contributed by atoms with Crippen LogP contribution >= 0.6 is 0 Å². The van der Waals surface area contributed by atoms with E-state index in [4.69, 9.17) is 5.26 Å². The van der Waals surface area contributed by atoms with Gasteiger partial charge in [0.15, 0.2) is 0 Å². The minimum absolute atomic E-state index is 0.132. The Morgan fingerprint density at radius 2 is 2.06 bits per heavy atom. The van der Waals surface area contributed by atoms with Crippen molar-refractivity contribution in [3.05, 3.63) is 23.9 Å². The van der Waals surface area contributed by atoms with Crippen LogP contribution in [0.2, 0.25) is 0 Å². The number of hydrogen-bond donors (Lipinski definition) is 2. The Morgan fingerprint density at radius 3 is 2.62 bits per heavy atom. The molecule has 0 atom stereocenters. The van der Waals surface area contributed by atoms with Crippen LogP contribution in [0.3, 0.4) is 0 Å². The Hall–Kier alpha value is -1.60. The van der Waals surface area contributed by atoms with E-state index in [-0.39, 0.29) is 6.10 Å². The summed E-state index contributed by atoms with van der Waals surface area (Å²) in [6.07, 6.45) is 5.10. The molecule has 2 N–H and O–H groups in total. The highest BCUT2D eigenvalue weighted by Gasteiger charge is 2.19. The minimum atomic E-state index is -0.132. The molecule has 0 unspecified atom stereocenters. The average Bonchev–Trinajstić information content (AvgIpc) is 2.33. The molecule has 0 saturated heterocycles. The summed E-state index contributed by atoms with van der Waals surface area (Å²) in [5.41, 5.74) is 0.574. The van der Waals surface area contributed by atoms with Crippen molar-refractivity contribution in [2.75, 3.05) is 5.32 Å². The summed E-state index contributed by atoms with van der Waals surface area (Å²) in [5, 5.41) is 21.3. The molecule has 0 radical (unpaired) electrons. The molecule has 0 bridgehead atoms. The SMILES string of the molecule is N#Cc1ccc(NC2CCC(O)CC2)nc1. The maximum absolute atomic E-state index is 9.38. The molecule has 1 saturated carbocycles. The Labute approximate surface area is 94.9 Å². The van der Waals surface area contributed by atoms with E-state index in [0.717, 1.165) is 31.5 Å². The second-order valence-electron chi connectivity index (χ2n) is 4.19. The molecule has 0 aliphatic heterocycles. The number of aliphatic hydroxyl groups excluding tert-OH is 1. The monoisotopic (exact) mass is 217 g/mol. The van der Waals surface area contributed by atoms with E-state index in [1.54, 1.807) is 12.3 Å². The predicted octanol–water partition coefficient (Wildman–Crippen LogP) is 1.67. The van der Waals surface area contributed by atoms with E-state index in [9.17, 15) is 5.11 Å². The van der Waals surface area contributed by atoms with E-state index in [1.807, 2.05) is 12.1 Å². The molecule has 16 heavy (non-hydrogen) atoms. The van der Waals surface area contributed by atoms with Gasteiger partial charge in [0.05, 0.1) is 11.7 Å². The van der Waals surface area contributed by atoms with Gasteiger partial charge in [0, 0.05) is 12.2 Å². The lowest BCUT2D eigenvalue weighted by atomic mass is 9.93. The van der Waals surface area contributed by atoms with Crippen molar-refractivity contribution in [3.63, 3.8) is 0 Å². The van der Waals surface area contributed by atoms with Crippen LogP contribution in [0.4, 0.5) is 5.82 Å². The van der Waals surface area contributed by atoms with Crippen molar-refractivity contribution >= 4 is 5.82 Å². The molecule has 1 aliphatic carbocycles. The zero-order valence-electron chi connectivity index (χ0n) is 9.06. The maximum Gasteiger partial charge on any atom is 0.126 e. The summed E-state index contributed by atoms with van der Waals surface area (Å²) in [5.74, 6) is 0.806. The fourth-order valence-electron chi connectivity index (χ4n) is 1.97. The number of aliphatic hydroxyl groups is 1. The molecule has 1 aromatic heterocycles. The van der Waals surface area contributed by atoms with Crippen LogP contribution in [0.15, 0.2) is 18.3 Å². The number of anilines is 1. The smallest absolute Gasteiger partial charge is 0.126 e. The lowest BCUT2D eigenvalue weighted by molar-refractivity contribution is 0.126. The molecule has 84 valence electrons. The van der Waals surface area contributed by atoms with Gasteiger partial charge in [-0.25, -0.2) is 4.98 Å². The molecule has 1 heterocycles. The summed E-state index contributed by atoms with van der Waals surface area (Å²) >= 11 is 0. The standard InChI is InChI=1S/C12H15N3O/c13-7-9-1-6-12(14-8-9)15-10-2-4-11(16)5-3-10/h1,6,8,10-11,16H,2-5H2,(H,14,15). The molecule has 0 spiro atoms. The number of nitrogens with zero attached hydrogens (tertiary/aromatic N) is 2. The van der Waals surface area contributed by atoms with Crippen molar-refractivity contribution in [3.8, 4) is 6.07 Å². The van der Waals surface area contributed by atoms with Crippen molar-refractivity contribution < 1.29 is 5.11 Å². The quantitative estimate of drug-likeness (QED) is 0.790. The van der Waals surface area contributed by atoms with Crippen molar-refractivity contribution in [2.24, 2.45) is 0 Å². The Morgan fingerprint density at radius 1 is 1.31 bits per heavy atom. The van der Waals surface area contributed by atoms with Crippen LogP contribution in [0.25, 0.3) is 0 Å². The predicted molar refractivity (Wildman–Crippen MR) is 60.8 cm³/mol. The van der Waals surface area contributed by atoms with Crippen molar-refractivity contribution in [1.29, 1.82) is 5.26 Å². The highest BCUT2D eigenvalue weighted by atomic mass is 16.3. The van der Waals surface area contributed by atoms with Gasteiger partial charge in [0.25, 0.3) is 0 Å². The third-order valence-corrected chi connectivity index (χ3v) is 2.94. The highest BCUT2D eigenvalue weighted by molar-refractivity contribution is 5.39. The zero-order valence-corrected chi connectivity index (χ0v) is 9.06. The van der Waals surface area contributed by atoms with Gasteiger partial charge in [-0.1, -0.05) is 0 Å². The van der Waals surface area contributed by atoms with Gasteiger partial charge in [-0.15, -0.1) is 0 Å². The molecule has 1 fully saturated rings. The molecule has 1 aromatic rings. The first kappa shape index (κ1) is 10.9. The van der Waals surface area contributed by atoms with Gasteiger partial charge in [-0.3, -0.25) is 0 Å². The van der Waals surface area contributed by atoms with Crippen LogP contribution in [-0.2, 0) is 0 Å². The first-order valence-electron chi connectivity index (χ1n) is 5.58. The van der Waals surface area contributed by atoms with Crippen LogP contribution in [0.5, 0.6) is 0 Å². The van der Waals surface area contributed by atoms with Gasteiger partial charge in [-0.2, -0.15) is 5.26 Å². The zero-order chi connectivity index (χ0) is 11.4. The number of nitriles is 1. The summed E-state index contributed by atoms with van der Waals surface area (Å²) in [4.78, 5) is 4.17. The van der Waals surface area contributed by atoms with Crippen molar-refractivity contribution in [2.45, 2.75) is 37.8 Å². The fourth-order valence-corrected chi connectivity index (χ4v) is 1.97. The first-order valence-corrected chi connectivity index (χ1v) is 5.58. The third-order valence-electron chi connectivity index (χ3n) is 2.94. The van der Waals surface area contributed by atoms with Crippen LogP contribution in [0.1, 0.15) is 31.2 Å². The molecular formula is C12H15N3O. The summed E-state index contributed by atoms with van der Waals surface area (Å²) in [6, 6.07) is 6.01. The van der Waals surface area contributed by atoms with Gasteiger partial charge >= 0.3 is 0 Å². The Kier molecular flexibility index (Phi) is 3.37. The van der Waals surface area contributed by atoms with E-state index in [1.165, 1.54) is 0 Å². The molecule has 1 aliphatic rings. The number of rotatable bonds is 2. The van der Waals surface area contributed by atoms with Gasteiger partial charge in [-0.05, 0) is 37.8 Å². The number of pyridine rings is 1. The van der Waals surface area contributed by atoms with E-state index in [0.29, 0.717) is 11.6 Å². The molecule has 4 heteroatoms. The van der Waals surface area contributed by atoms with Crippen LogP contribution in [-0.4, -0.2) is 22.2 Å². The van der Waals surface area contributed by atoms with E-state index < -0.39 is 0 Å². The van der Waals surface area contributed by atoms with Gasteiger partial charge in [0.1, 0.15) is 11.9 Å². The normalized spacial score (nSPS) is 24.8. The van der Waals surface area contributed by atoms with Gasteiger partial charge < -0.3 is 10.4 Å². The van der Waals surface area contributed by atoms with Crippen LogP contribution < -0.4 is 5.32 Å². The average molecular weight is 217 g/mol. The third kappa shape index (κ3) is 2.71. The molecule has 0 aromatic carbocycles. The summed E-state index contributed by atoms with van der Waals surface area (Å²) < 4.78 is 0. The van der Waals surface area contributed by atoms with Crippen molar-refractivity contribution in [1.82, 2.24) is 4.98 Å². The fraction of sp³-hybridized carbons (Fsp3) is 0.500. The minimum Gasteiger partial charge on any atom is -0.393 e. The number of hydrogen-bond acceptors (Lipinski definition) is 4. The molecule has 2 rings (SSSR count). The van der Waals surface area contributed by atoms with Gasteiger partial charge in [0.2, 0.25) is 0 Å². The molecular weight excluding hydrogens is 202 g/mol. The second kappa shape index (κ2) is 4.95. The number of nitrogens with one attached hydrogen (secondary N) is 1. The lowest BCUT2D eigenvalue weighted by Gasteiger charge is -2.26. The number of aromatic nitrogens is 1. The highest BCUT2D eigenvalue weighted by Crippen LogP contribution is 2.21. The topological polar surface area (TPSA) is 68.9 Å². The lowest BCUT2D eigenvalue weighted by Crippen LogP contribution is -2.28. The van der Waals surface area contributed by atoms with E-state index >= 15 is 0 Å². The van der Waals surface area contributed by atoms with Crippen LogP contribution in [0, 0.1) is 11.3 Å². The second-order valence-corrected chi connectivity index (χ2v) is 4.19. The first-order chi connectivity index (χ1) is 7.78.